The maximum Gasteiger partial charge on any atom is 0.143 e. The summed E-state index contributed by atoms with van der Waals surface area (Å²) in [5.41, 5.74) is 8.12. The lowest BCUT2D eigenvalue weighted by Gasteiger charge is -2.14. The van der Waals surface area contributed by atoms with E-state index >= 15 is 0 Å². The molecule has 2 aromatic heterocycles. The van der Waals surface area contributed by atoms with Gasteiger partial charge in [0.05, 0.1) is 0 Å². The maximum atomic E-state index is 6.88. The van der Waals surface area contributed by atoms with E-state index in [0.29, 0.717) is 0 Å². The van der Waals surface area contributed by atoms with Gasteiger partial charge in [-0.25, -0.2) is 0 Å². The fraction of sp³-hybridized carbons (Fsp3) is 0. The number of furan rings is 2. The molecule has 52 heavy (non-hydrogen) atoms. The number of hydrogen-bond acceptors (Lipinski definition) is 2. The first kappa shape index (κ1) is 27.9. The lowest BCUT2D eigenvalue weighted by Crippen LogP contribution is -1.88. The van der Waals surface area contributed by atoms with E-state index in [0.717, 1.165) is 66.1 Å². The molecular weight excluding hydrogens is 633 g/mol. The number of hydrogen-bond donors (Lipinski definition) is 0. The van der Waals surface area contributed by atoms with Gasteiger partial charge in [-0.1, -0.05) is 133 Å². The molecule has 0 aliphatic heterocycles. The minimum absolute atomic E-state index is 0.906. The summed E-state index contributed by atoms with van der Waals surface area (Å²) in [7, 11) is 0. The summed E-state index contributed by atoms with van der Waals surface area (Å²) in [5.74, 6) is 0. The van der Waals surface area contributed by atoms with Crippen LogP contribution in [0.5, 0.6) is 0 Å². The Morgan fingerprint density at radius 2 is 0.615 bits per heavy atom. The van der Waals surface area contributed by atoms with Crippen molar-refractivity contribution in [3.63, 3.8) is 0 Å². The van der Waals surface area contributed by atoms with Gasteiger partial charge >= 0.3 is 0 Å². The zero-order valence-electron chi connectivity index (χ0n) is 28.0. The molecule has 12 rings (SSSR count). The molecule has 0 N–H and O–H groups in total. The van der Waals surface area contributed by atoms with Crippen LogP contribution < -0.4 is 0 Å². The molecule has 2 nitrogen and oxygen atoms in total. The second kappa shape index (κ2) is 10.3. The molecule has 0 saturated heterocycles. The van der Waals surface area contributed by atoms with Crippen molar-refractivity contribution >= 4 is 97.7 Å². The monoisotopic (exact) mass is 660 g/mol. The van der Waals surface area contributed by atoms with Crippen LogP contribution >= 0.6 is 0 Å². The molecule has 0 atom stereocenters. The van der Waals surface area contributed by atoms with Crippen molar-refractivity contribution in [1.82, 2.24) is 0 Å². The molecule has 10 aromatic carbocycles. The average molecular weight is 661 g/mol. The molecule has 0 saturated carbocycles. The molecule has 0 unspecified atom stereocenters. The SMILES string of the molecule is c1ccc2cc3c(cc2c1)oc1c(-c2cccc4c(-c5cc6ccccc6c6c5oc5cc7ccccc7cc56)cccc24)cc2ccccc2c13. The minimum atomic E-state index is 0.906. The Balaban J connectivity index is 1.17. The van der Waals surface area contributed by atoms with Crippen molar-refractivity contribution in [2.45, 2.75) is 0 Å². The largest absolute Gasteiger partial charge is 0.455 e. The van der Waals surface area contributed by atoms with Gasteiger partial charge in [0.25, 0.3) is 0 Å². The number of fused-ring (bicyclic) bond motifs is 13. The van der Waals surface area contributed by atoms with Gasteiger partial charge < -0.3 is 8.83 Å². The van der Waals surface area contributed by atoms with Crippen molar-refractivity contribution in [2.75, 3.05) is 0 Å². The highest BCUT2D eigenvalue weighted by molar-refractivity contribution is 6.27. The van der Waals surface area contributed by atoms with E-state index in [2.05, 4.69) is 170 Å². The fourth-order valence-electron chi connectivity index (χ4n) is 8.80. The standard InChI is InChI=1S/C50H28O2/c1-3-13-31-27-45-43(23-29(31)11-1)47-35-17-7-5-15-33(35)25-41(49(47)51-45)39-21-9-20-38-37(39)19-10-22-40(38)42-26-34-16-6-8-18-36(34)48-44-24-30-12-2-4-14-32(30)28-46(44)52-50(42)48/h1-28H. The second-order valence-electron chi connectivity index (χ2n) is 14.0. The third kappa shape index (κ3) is 3.84. The van der Waals surface area contributed by atoms with Gasteiger partial charge in [-0.05, 0) is 101 Å². The van der Waals surface area contributed by atoms with Crippen LogP contribution in [0.15, 0.2) is 179 Å². The van der Waals surface area contributed by atoms with E-state index in [1.54, 1.807) is 0 Å². The normalized spacial score (nSPS) is 12.2. The van der Waals surface area contributed by atoms with E-state index in [9.17, 15) is 0 Å². The van der Waals surface area contributed by atoms with Gasteiger partial charge in [0.15, 0.2) is 0 Å². The van der Waals surface area contributed by atoms with Gasteiger partial charge in [0.2, 0.25) is 0 Å². The fourth-order valence-corrected chi connectivity index (χ4v) is 8.80. The Kier molecular flexibility index (Phi) is 5.53. The molecule has 0 aliphatic carbocycles. The zero-order valence-corrected chi connectivity index (χ0v) is 28.0. The minimum Gasteiger partial charge on any atom is -0.455 e. The summed E-state index contributed by atoms with van der Waals surface area (Å²) in [6, 6.07) is 61.3. The van der Waals surface area contributed by atoms with E-state index in [1.807, 2.05) is 0 Å². The summed E-state index contributed by atoms with van der Waals surface area (Å²) >= 11 is 0. The maximum absolute atomic E-state index is 6.88. The van der Waals surface area contributed by atoms with Crippen LogP contribution in [0.4, 0.5) is 0 Å². The second-order valence-corrected chi connectivity index (χ2v) is 14.0. The number of rotatable bonds is 2. The molecule has 2 heterocycles. The van der Waals surface area contributed by atoms with Crippen LogP contribution in [-0.2, 0) is 0 Å². The van der Waals surface area contributed by atoms with Crippen molar-refractivity contribution < 1.29 is 8.83 Å². The molecule has 2 heteroatoms. The van der Waals surface area contributed by atoms with Gasteiger partial charge in [0.1, 0.15) is 22.3 Å². The molecular formula is C50H28O2. The van der Waals surface area contributed by atoms with Crippen LogP contribution in [0.25, 0.3) is 120 Å². The first-order chi connectivity index (χ1) is 25.8. The van der Waals surface area contributed by atoms with Crippen molar-refractivity contribution in [1.29, 1.82) is 0 Å². The van der Waals surface area contributed by atoms with Crippen molar-refractivity contribution in [2.24, 2.45) is 0 Å². The summed E-state index contributed by atoms with van der Waals surface area (Å²) in [5, 5.41) is 16.5. The third-order valence-electron chi connectivity index (χ3n) is 11.2. The van der Waals surface area contributed by atoms with Gasteiger partial charge in [-0.15, -0.1) is 0 Å². The quantitative estimate of drug-likeness (QED) is 0.184. The summed E-state index contributed by atoms with van der Waals surface area (Å²) < 4.78 is 13.8. The predicted octanol–water partition coefficient (Wildman–Crippen LogP) is 14.6. The topological polar surface area (TPSA) is 26.3 Å². The summed E-state index contributed by atoms with van der Waals surface area (Å²) in [6.45, 7) is 0. The Bertz CT molecular complexity index is 3240. The lowest BCUT2D eigenvalue weighted by atomic mass is 9.89. The van der Waals surface area contributed by atoms with E-state index in [-0.39, 0.29) is 0 Å². The first-order valence-corrected chi connectivity index (χ1v) is 17.8. The molecule has 0 aliphatic rings. The van der Waals surface area contributed by atoms with Crippen LogP contribution in [0, 0.1) is 0 Å². The molecule has 0 bridgehead atoms. The van der Waals surface area contributed by atoms with Crippen LogP contribution in [0.2, 0.25) is 0 Å². The lowest BCUT2D eigenvalue weighted by molar-refractivity contribution is 0.670. The third-order valence-corrected chi connectivity index (χ3v) is 11.2. The Morgan fingerprint density at radius 3 is 1.06 bits per heavy atom. The van der Waals surface area contributed by atoms with E-state index in [1.165, 1.54) is 53.9 Å². The van der Waals surface area contributed by atoms with Gasteiger partial charge in [0, 0.05) is 32.7 Å². The smallest absolute Gasteiger partial charge is 0.143 e. The molecule has 0 fully saturated rings. The highest BCUT2D eigenvalue weighted by Crippen LogP contribution is 2.47. The Labute approximate surface area is 297 Å². The highest BCUT2D eigenvalue weighted by Gasteiger charge is 2.21. The van der Waals surface area contributed by atoms with Crippen molar-refractivity contribution in [3.05, 3.63) is 170 Å². The zero-order chi connectivity index (χ0) is 33.9. The van der Waals surface area contributed by atoms with Crippen LogP contribution in [-0.4, -0.2) is 0 Å². The number of benzene rings is 10. The molecule has 0 amide bonds. The predicted molar refractivity (Wildman–Crippen MR) is 219 cm³/mol. The van der Waals surface area contributed by atoms with Gasteiger partial charge in [-0.2, -0.15) is 0 Å². The van der Waals surface area contributed by atoms with Gasteiger partial charge in [-0.3, -0.25) is 0 Å². The first-order valence-electron chi connectivity index (χ1n) is 17.8. The molecule has 12 aromatic rings. The Hall–Kier alpha value is -6.90. The molecule has 0 radical (unpaired) electrons. The van der Waals surface area contributed by atoms with E-state index in [4.69, 9.17) is 8.83 Å². The average Bonchev–Trinajstić information content (AvgIpc) is 3.76. The Morgan fingerprint density at radius 1 is 0.250 bits per heavy atom. The van der Waals surface area contributed by atoms with E-state index < -0.39 is 0 Å². The summed E-state index contributed by atoms with van der Waals surface area (Å²) in [4.78, 5) is 0. The molecule has 240 valence electrons. The van der Waals surface area contributed by atoms with Crippen molar-refractivity contribution in [3.8, 4) is 22.3 Å². The van der Waals surface area contributed by atoms with Crippen LogP contribution in [0.3, 0.4) is 0 Å². The highest BCUT2D eigenvalue weighted by atomic mass is 16.3. The van der Waals surface area contributed by atoms with Crippen LogP contribution in [0.1, 0.15) is 0 Å². The molecule has 0 spiro atoms. The summed E-state index contributed by atoms with van der Waals surface area (Å²) in [6.07, 6.45) is 0.